The third kappa shape index (κ3) is 4.73. The number of rotatable bonds is 4. The molecule has 3 aromatic rings. The smallest absolute Gasteiger partial charge is 0.362 e. The number of benzene rings is 1. The maximum Gasteiger partial charge on any atom is 0.362 e. The second kappa shape index (κ2) is 9.33. The van der Waals surface area contributed by atoms with Crippen LogP contribution in [0.4, 0.5) is 16.2 Å². The number of ether oxygens (including phenoxy) is 1. The van der Waals surface area contributed by atoms with Gasteiger partial charge in [0.15, 0.2) is 0 Å². The van der Waals surface area contributed by atoms with Crippen molar-refractivity contribution < 1.29 is 18.8 Å². The number of carbonyl (C=O) groups is 2. The first-order valence-electron chi connectivity index (χ1n) is 13.1. The number of nitrogens with zero attached hydrogens (tertiary/aromatic N) is 6. The van der Waals surface area contributed by atoms with E-state index in [9.17, 15) is 9.59 Å². The van der Waals surface area contributed by atoms with Crippen molar-refractivity contribution in [3.05, 3.63) is 48.4 Å². The van der Waals surface area contributed by atoms with Crippen molar-refractivity contribution in [2.45, 2.75) is 38.7 Å². The Balaban J connectivity index is 1.22. The van der Waals surface area contributed by atoms with E-state index >= 15 is 0 Å². The number of hydrogen-bond acceptors (Lipinski definition) is 6. The molecule has 1 aromatic carbocycles. The summed E-state index contributed by atoms with van der Waals surface area (Å²) in [6, 6.07) is 7.46. The monoisotopic (exact) mass is 504 g/mol. The molecule has 10 nitrogen and oxygen atoms in total. The Morgan fingerprint density at radius 2 is 1.89 bits per heavy atom. The van der Waals surface area contributed by atoms with Gasteiger partial charge < -0.3 is 19.9 Å². The minimum atomic E-state index is -0.283. The molecule has 2 aromatic heterocycles. The Kier molecular flexibility index (Phi) is 5.98. The minimum absolute atomic E-state index is 0.234. The molecule has 5 heterocycles. The van der Waals surface area contributed by atoms with Crippen molar-refractivity contribution in [1.82, 2.24) is 19.5 Å². The Hall–Kier alpha value is -3.66. The fourth-order valence-electron chi connectivity index (χ4n) is 5.63. The van der Waals surface area contributed by atoms with Crippen LogP contribution in [-0.2, 0) is 11.2 Å². The van der Waals surface area contributed by atoms with E-state index in [-0.39, 0.29) is 17.5 Å². The van der Waals surface area contributed by atoms with Gasteiger partial charge in [-0.05, 0) is 37.7 Å². The van der Waals surface area contributed by atoms with Gasteiger partial charge in [-0.15, -0.1) is 9.20 Å². The lowest BCUT2D eigenvalue weighted by atomic mass is 10.0. The standard InChI is InChI=1S/C27H33N7O3/c1-27(2)18-20-16-21(29-26(36)34-11-6-24-28-7-5-10-33(24)34)22(17-23(20)37-27)31-14-12-30(13-15-31)19-25(35)32-8-3-4-9-32/h5-7,10-11,16-17H,3-4,8-9,12-15,18-19H2,1-2H3/p+1. The van der Waals surface area contributed by atoms with Gasteiger partial charge >= 0.3 is 11.7 Å². The number of carbonyl (C=O) groups excluding carboxylic acids is 2. The van der Waals surface area contributed by atoms with Crippen molar-refractivity contribution in [1.29, 1.82) is 0 Å². The highest BCUT2D eigenvalue weighted by molar-refractivity contribution is 5.94. The van der Waals surface area contributed by atoms with Gasteiger partial charge in [0.05, 0.1) is 30.2 Å². The van der Waals surface area contributed by atoms with Crippen molar-refractivity contribution >= 4 is 29.0 Å². The predicted molar refractivity (Wildman–Crippen MR) is 139 cm³/mol. The molecule has 1 N–H and O–H groups in total. The summed E-state index contributed by atoms with van der Waals surface area (Å²) in [5.41, 5.74) is 3.20. The maximum atomic E-state index is 13.4. The van der Waals surface area contributed by atoms with Crippen LogP contribution in [0.5, 0.6) is 5.75 Å². The topological polar surface area (TPSA) is 87.0 Å². The largest absolute Gasteiger partial charge is 0.487 e. The molecule has 2 amide bonds. The summed E-state index contributed by atoms with van der Waals surface area (Å²) in [6.45, 7) is 9.53. The first kappa shape index (κ1) is 23.7. The number of hydrogen-bond donors (Lipinski definition) is 1. The lowest BCUT2D eigenvalue weighted by Gasteiger charge is -2.37. The molecule has 2 saturated heterocycles. The average molecular weight is 505 g/mol. The molecule has 3 aliphatic rings. The molecular formula is C27H34N7O3+. The number of aromatic nitrogens is 3. The van der Waals surface area contributed by atoms with Crippen molar-refractivity contribution in [2.75, 3.05) is 56.0 Å². The number of anilines is 2. The third-order valence-electron chi connectivity index (χ3n) is 7.51. The van der Waals surface area contributed by atoms with Crippen LogP contribution in [0, 0.1) is 0 Å². The van der Waals surface area contributed by atoms with Gasteiger partial charge in [0.25, 0.3) is 0 Å². The molecule has 37 heavy (non-hydrogen) atoms. The summed E-state index contributed by atoms with van der Waals surface area (Å²) in [7, 11) is 0. The molecule has 2 fully saturated rings. The van der Waals surface area contributed by atoms with Crippen LogP contribution < -0.4 is 19.5 Å². The fourth-order valence-corrected chi connectivity index (χ4v) is 5.63. The summed E-state index contributed by atoms with van der Waals surface area (Å²) in [5.74, 6) is 1.10. The molecule has 0 spiro atoms. The lowest BCUT2D eigenvalue weighted by Crippen LogP contribution is -2.50. The predicted octanol–water partition coefficient (Wildman–Crippen LogP) is 2.16. The highest BCUT2D eigenvalue weighted by Gasteiger charge is 2.33. The second-order valence-corrected chi connectivity index (χ2v) is 10.8. The van der Waals surface area contributed by atoms with E-state index in [0.717, 1.165) is 81.2 Å². The van der Waals surface area contributed by atoms with Gasteiger partial charge in [-0.2, -0.15) is 0 Å². The molecule has 0 atom stereocenters. The van der Waals surface area contributed by atoms with Gasteiger partial charge in [-0.25, -0.2) is 4.79 Å². The zero-order chi connectivity index (χ0) is 25.6. The molecule has 0 bridgehead atoms. The number of nitrogens with one attached hydrogen (secondary N) is 1. The molecule has 10 heteroatoms. The van der Waals surface area contributed by atoms with Crippen LogP contribution in [0.15, 0.2) is 42.9 Å². The highest BCUT2D eigenvalue weighted by atomic mass is 16.5. The van der Waals surface area contributed by atoms with Gasteiger partial charge in [0.2, 0.25) is 5.91 Å². The highest BCUT2D eigenvalue weighted by Crippen LogP contribution is 2.42. The van der Waals surface area contributed by atoms with Crippen LogP contribution in [0.25, 0.3) is 5.65 Å². The van der Waals surface area contributed by atoms with Crippen LogP contribution in [0.1, 0.15) is 32.3 Å². The normalized spacial score (nSPS) is 19.2. The minimum Gasteiger partial charge on any atom is -0.487 e. The zero-order valence-corrected chi connectivity index (χ0v) is 21.5. The summed E-state index contributed by atoms with van der Waals surface area (Å²) in [5, 5.41) is 3.14. The quantitative estimate of drug-likeness (QED) is 0.548. The van der Waals surface area contributed by atoms with Crippen molar-refractivity contribution in [2.24, 2.45) is 0 Å². The van der Waals surface area contributed by atoms with E-state index in [1.807, 2.05) is 17.2 Å². The lowest BCUT2D eigenvalue weighted by molar-refractivity contribution is -0.597. The number of fused-ring (bicyclic) bond motifs is 2. The zero-order valence-electron chi connectivity index (χ0n) is 21.5. The van der Waals surface area contributed by atoms with E-state index in [2.05, 4.69) is 46.1 Å². The molecule has 3 aliphatic heterocycles. The molecule has 0 saturated carbocycles. The van der Waals surface area contributed by atoms with Crippen LogP contribution in [-0.4, -0.2) is 82.8 Å². The van der Waals surface area contributed by atoms with Crippen LogP contribution >= 0.6 is 0 Å². The van der Waals surface area contributed by atoms with Crippen molar-refractivity contribution in [3.63, 3.8) is 0 Å². The SMILES string of the molecule is CC1(C)Cc2cc(NC(=O)n3ccc4nccc[n+]43)c(N3CCN(CC(=O)N4CCCC4)CC3)cc2O1. The van der Waals surface area contributed by atoms with E-state index in [1.165, 1.54) is 4.68 Å². The molecule has 0 unspecified atom stereocenters. The van der Waals surface area contributed by atoms with E-state index in [1.54, 1.807) is 23.0 Å². The fraction of sp³-hybridized carbons (Fsp3) is 0.481. The number of amides is 2. The first-order chi connectivity index (χ1) is 17.9. The summed E-state index contributed by atoms with van der Waals surface area (Å²) in [6.07, 6.45) is 8.23. The summed E-state index contributed by atoms with van der Waals surface area (Å²) in [4.78, 5) is 36.8. The number of likely N-dealkylation sites (tertiary alicyclic amines) is 1. The average Bonchev–Trinajstić information content (AvgIpc) is 3.62. The molecule has 0 radical (unpaired) electrons. The van der Waals surface area contributed by atoms with Gasteiger partial charge in [0, 0.05) is 63.4 Å². The molecule has 194 valence electrons. The Bertz CT molecular complexity index is 1340. The molecular weight excluding hydrogens is 470 g/mol. The molecule has 0 aliphatic carbocycles. The first-order valence-corrected chi connectivity index (χ1v) is 13.1. The van der Waals surface area contributed by atoms with Crippen molar-refractivity contribution in [3.8, 4) is 5.75 Å². The van der Waals surface area contributed by atoms with E-state index in [0.29, 0.717) is 12.2 Å². The molecule has 6 rings (SSSR count). The van der Waals surface area contributed by atoms with Crippen LogP contribution in [0.2, 0.25) is 0 Å². The second-order valence-electron chi connectivity index (χ2n) is 10.8. The maximum absolute atomic E-state index is 13.4. The summed E-state index contributed by atoms with van der Waals surface area (Å²) >= 11 is 0. The van der Waals surface area contributed by atoms with E-state index in [4.69, 9.17) is 4.74 Å². The van der Waals surface area contributed by atoms with Crippen LogP contribution in [0.3, 0.4) is 0 Å². The van der Waals surface area contributed by atoms with Gasteiger partial charge in [0.1, 0.15) is 23.7 Å². The Morgan fingerprint density at radius 1 is 1.11 bits per heavy atom. The third-order valence-corrected chi connectivity index (χ3v) is 7.51. The van der Waals surface area contributed by atoms with Gasteiger partial charge in [-0.1, -0.05) is 0 Å². The van der Waals surface area contributed by atoms with E-state index < -0.39 is 0 Å². The van der Waals surface area contributed by atoms with Gasteiger partial charge in [-0.3, -0.25) is 9.69 Å². The Labute approximate surface area is 216 Å². The number of piperazine rings is 1. The Morgan fingerprint density at radius 3 is 2.68 bits per heavy atom. The summed E-state index contributed by atoms with van der Waals surface area (Å²) < 4.78 is 9.46.